The molecule has 0 radical (unpaired) electrons. The molecule has 3 fully saturated rings. The summed E-state index contributed by atoms with van der Waals surface area (Å²) < 4.78 is 0. The van der Waals surface area contributed by atoms with Gasteiger partial charge in [-0.15, -0.1) is 12.4 Å². The number of anilines is 2. The van der Waals surface area contributed by atoms with Gasteiger partial charge in [0.1, 0.15) is 5.56 Å². The second-order valence-corrected chi connectivity index (χ2v) is 7.04. The Kier molecular flexibility index (Phi) is 6.16. The maximum atomic E-state index is 12.4. The molecule has 0 unspecified atom stereocenters. The predicted octanol–water partition coefficient (Wildman–Crippen LogP) is 3.55. The number of nitro benzene ring substituents is 1. The first-order valence-corrected chi connectivity index (χ1v) is 9.25. The first kappa shape index (κ1) is 20.1. The summed E-state index contributed by atoms with van der Waals surface area (Å²) in [6.45, 7) is 4.45. The zero-order valence-corrected chi connectivity index (χ0v) is 16.2. The van der Waals surface area contributed by atoms with Crippen LogP contribution in [0.4, 0.5) is 17.1 Å². The van der Waals surface area contributed by atoms with Gasteiger partial charge < -0.3 is 15.1 Å². The van der Waals surface area contributed by atoms with Crippen LogP contribution in [0.15, 0.2) is 48.5 Å². The highest BCUT2D eigenvalue weighted by Crippen LogP contribution is 2.28. The van der Waals surface area contributed by atoms with Gasteiger partial charge in [-0.2, -0.15) is 0 Å². The van der Waals surface area contributed by atoms with Gasteiger partial charge in [0.25, 0.3) is 11.6 Å². The van der Waals surface area contributed by atoms with Gasteiger partial charge in [-0.3, -0.25) is 14.9 Å². The highest BCUT2D eigenvalue weighted by Gasteiger charge is 2.29. The van der Waals surface area contributed by atoms with Gasteiger partial charge in [-0.05, 0) is 43.2 Å². The molecule has 148 valence electrons. The summed E-state index contributed by atoms with van der Waals surface area (Å²) in [5.74, 6) is -0.476. The van der Waals surface area contributed by atoms with Gasteiger partial charge in [0.2, 0.25) is 0 Å². The number of fused-ring (bicyclic) bond motifs is 4. The number of nitrogens with one attached hydrogen (secondary N) is 1. The number of hydrogen-bond acceptors (Lipinski definition) is 5. The van der Waals surface area contributed by atoms with Gasteiger partial charge in [-0.1, -0.05) is 12.1 Å². The number of halogens is 1. The molecule has 28 heavy (non-hydrogen) atoms. The Morgan fingerprint density at radius 1 is 1.00 bits per heavy atom. The fraction of sp³-hybridized carbons (Fsp3) is 0.350. The van der Waals surface area contributed by atoms with E-state index in [9.17, 15) is 14.9 Å². The number of benzene rings is 2. The molecule has 5 rings (SSSR count). The number of nitro groups is 1. The minimum Gasteiger partial charge on any atom is -0.367 e. The van der Waals surface area contributed by atoms with E-state index in [0.29, 0.717) is 11.7 Å². The number of piperidine rings is 1. The van der Waals surface area contributed by atoms with Crippen LogP contribution in [0.3, 0.4) is 0 Å². The van der Waals surface area contributed by atoms with Crippen LogP contribution < -0.4 is 10.2 Å². The average Bonchev–Trinajstić information content (AvgIpc) is 3.02. The molecule has 1 N–H and O–H groups in total. The maximum Gasteiger partial charge on any atom is 0.282 e. The van der Waals surface area contributed by atoms with Crippen molar-refractivity contribution >= 4 is 35.4 Å². The molecule has 7 nitrogen and oxygen atoms in total. The van der Waals surface area contributed by atoms with E-state index in [1.165, 1.54) is 38.1 Å². The van der Waals surface area contributed by atoms with E-state index < -0.39 is 10.8 Å². The monoisotopic (exact) mass is 402 g/mol. The number of nitrogens with zero attached hydrogens (tertiary/aromatic N) is 3. The molecule has 0 aliphatic carbocycles. The molecule has 0 aromatic heterocycles. The lowest BCUT2D eigenvalue weighted by atomic mass is 10.0. The third kappa shape index (κ3) is 4.10. The standard InChI is InChI=1S/C20H22N4O3.ClH/c25-20(18-3-1-2-4-19(18)24(26)27)21-15-5-7-16(8-6-15)23-14-13-22-11-9-17(23)10-12-22;/h1-8,17H,9-14H2,(H,21,25);1H. The number of carbonyl (C=O) groups excluding carboxylic acids is 1. The first-order valence-electron chi connectivity index (χ1n) is 9.25. The van der Waals surface area contributed by atoms with Crippen molar-refractivity contribution < 1.29 is 9.72 Å². The van der Waals surface area contributed by atoms with Gasteiger partial charge in [-0.25, -0.2) is 0 Å². The quantitative estimate of drug-likeness (QED) is 0.625. The molecule has 8 heteroatoms. The van der Waals surface area contributed by atoms with Gasteiger partial charge in [0.05, 0.1) is 4.92 Å². The van der Waals surface area contributed by atoms with Crippen LogP contribution in [0.5, 0.6) is 0 Å². The van der Waals surface area contributed by atoms with Crippen LogP contribution in [0.2, 0.25) is 0 Å². The van der Waals surface area contributed by atoms with Gasteiger partial charge in [0, 0.05) is 49.7 Å². The largest absolute Gasteiger partial charge is 0.367 e. The van der Waals surface area contributed by atoms with E-state index in [0.717, 1.165) is 18.8 Å². The molecule has 2 aromatic carbocycles. The second kappa shape index (κ2) is 8.58. The third-order valence-corrected chi connectivity index (χ3v) is 5.46. The highest BCUT2D eigenvalue weighted by molar-refractivity contribution is 6.07. The lowest BCUT2D eigenvalue weighted by Gasteiger charge is -2.33. The number of carbonyl (C=O) groups is 1. The molecular weight excluding hydrogens is 380 g/mol. The summed E-state index contributed by atoms with van der Waals surface area (Å²) in [5.41, 5.74) is 1.66. The van der Waals surface area contributed by atoms with Crippen molar-refractivity contribution in [1.82, 2.24) is 4.90 Å². The number of amides is 1. The summed E-state index contributed by atoms with van der Waals surface area (Å²) in [7, 11) is 0. The van der Waals surface area contributed by atoms with Crippen LogP contribution in [0.25, 0.3) is 0 Å². The first-order chi connectivity index (χ1) is 13.1. The predicted molar refractivity (Wildman–Crippen MR) is 112 cm³/mol. The summed E-state index contributed by atoms with van der Waals surface area (Å²) in [4.78, 5) is 28.0. The topological polar surface area (TPSA) is 78.7 Å². The van der Waals surface area contributed by atoms with Crippen molar-refractivity contribution in [2.75, 3.05) is 36.4 Å². The van der Waals surface area contributed by atoms with Gasteiger partial charge in [0.15, 0.2) is 0 Å². The van der Waals surface area contributed by atoms with Crippen molar-refractivity contribution in [3.05, 3.63) is 64.2 Å². The average molecular weight is 403 g/mol. The Balaban J connectivity index is 0.00000225. The summed E-state index contributed by atoms with van der Waals surface area (Å²) in [5, 5.41) is 13.9. The fourth-order valence-corrected chi connectivity index (χ4v) is 3.99. The van der Waals surface area contributed by atoms with E-state index in [4.69, 9.17) is 0 Å². The van der Waals surface area contributed by atoms with Crippen molar-refractivity contribution in [2.45, 2.75) is 18.9 Å². The van der Waals surface area contributed by atoms with Crippen molar-refractivity contribution in [3.63, 3.8) is 0 Å². The lowest BCUT2D eigenvalue weighted by Crippen LogP contribution is -2.37. The van der Waals surface area contributed by atoms with Gasteiger partial charge >= 0.3 is 0 Å². The fourth-order valence-electron chi connectivity index (χ4n) is 3.99. The Bertz CT molecular complexity index is 851. The molecule has 0 spiro atoms. The molecule has 0 saturated carbocycles. The Labute approximate surface area is 169 Å². The molecular formula is C20H23ClN4O3. The third-order valence-electron chi connectivity index (χ3n) is 5.46. The molecule has 3 aliphatic rings. The molecule has 3 aliphatic heterocycles. The number of rotatable bonds is 4. The highest BCUT2D eigenvalue weighted by atomic mass is 35.5. The van der Waals surface area contributed by atoms with E-state index in [2.05, 4.69) is 15.1 Å². The smallest absolute Gasteiger partial charge is 0.282 e. The number of hydrogen-bond donors (Lipinski definition) is 1. The molecule has 0 atom stereocenters. The molecule has 2 bridgehead atoms. The van der Waals surface area contributed by atoms with Crippen LogP contribution in [0, 0.1) is 10.1 Å². The molecule has 3 heterocycles. The van der Waals surface area contributed by atoms with Crippen molar-refractivity contribution in [1.29, 1.82) is 0 Å². The molecule has 2 aromatic rings. The van der Waals surface area contributed by atoms with Crippen LogP contribution in [-0.2, 0) is 0 Å². The Morgan fingerprint density at radius 3 is 2.36 bits per heavy atom. The zero-order chi connectivity index (χ0) is 18.8. The lowest BCUT2D eigenvalue weighted by molar-refractivity contribution is -0.385. The van der Waals surface area contributed by atoms with Crippen LogP contribution in [-0.4, -0.2) is 48.0 Å². The van der Waals surface area contributed by atoms with Crippen molar-refractivity contribution in [2.24, 2.45) is 0 Å². The number of para-hydroxylation sites is 1. The normalized spacial score (nSPS) is 20.8. The Morgan fingerprint density at radius 2 is 1.68 bits per heavy atom. The Hall–Kier alpha value is -2.64. The van der Waals surface area contributed by atoms with E-state index in [1.807, 2.05) is 24.3 Å². The van der Waals surface area contributed by atoms with Crippen LogP contribution in [0.1, 0.15) is 23.2 Å². The van der Waals surface area contributed by atoms with E-state index in [1.54, 1.807) is 12.1 Å². The summed E-state index contributed by atoms with van der Waals surface area (Å²) in [6.07, 6.45) is 2.38. The van der Waals surface area contributed by atoms with Crippen molar-refractivity contribution in [3.8, 4) is 0 Å². The molecule has 1 amide bonds. The summed E-state index contributed by atoms with van der Waals surface area (Å²) in [6, 6.07) is 14.3. The van der Waals surface area contributed by atoms with Crippen LogP contribution >= 0.6 is 12.4 Å². The minimum atomic E-state index is -0.539. The maximum absolute atomic E-state index is 12.4. The van der Waals surface area contributed by atoms with E-state index >= 15 is 0 Å². The minimum absolute atomic E-state index is 0. The zero-order valence-electron chi connectivity index (χ0n) is 15.4. The molecule has 3 saturated heterocycles. The van der Waals surface area contributed by atoms with E-state index in [-0.39, 0.29) is 23.7 Å². The SMILES string of the molecule is Cl.O=C(Nc1ccc(N2CCN3CCC2CC3)cc1)c1ccccc1[N+](=O)[O-]. The summed E-state index contributed by atoms with van der Waals surface area (Å²) >= 11 is 0. The second-order valence-electron chi connectivity index (χ2n) is 7.04.